The van der Waals surface area contributed by atoms with Crippen molar-refractivity contribution in [3.05, 3.63) is 29.8 Å². The number of nitrogens with zero attached hydrogens (tertiary/aromatic N) is 4. The number of hydrogen-bond donors (Lipinski definition) is 1. The van der Waals surface area contributed by atoms with Crippen molar-refractivity contribution in [2.75, 3.05) is 14.2 Å². The summed E-state index contributed by atoms with van der Waals surface area (Å²) < 4.78 is 12.2. The van der Waals surface area contributed by atoms with E-state index in [2.05, 4.69) is 20.4 Å². The molecule has 0 aliphatic carbocycles. The minimum Gasteiger partial charge on any atom is -0.481 e. The zero-order chi connectivity index (χ0) is 13.7. The first-order valence-electron chi connectivity index (χ1n) is 5.85. The second kappa shape index (κ2) is 6.14. The van der Waals surface area contributed by atoms with Crippen molar-refractivity contribution in [3.63, 3.8) is 0 Å². The Morgan fingerprint density at radius 2 is 1.84 bits per heavy atom. The first-order valence-corrected chi connectivity index (χ1v) is 5.85. The minimum absolute atomic E-state index is 0.514. The van der Waals surface area contributed by atoms with Crippen LogP contribution in [0.2, 0.25) is 0 Å². The van der Waals surface area contributed by atoms with Gasteiger partial charge in [-0.25, -0.2) is 9.97 Å². The molecule has 0 spiro atoms. The van der Waals surface area contributed by atoms with E-state index in [0.29, 0.717) is 24.8 Å². The van der Waals surface area contributed by atoms with Gasteiger partial charge < -0.3 is 14.8 Å². The predicted octanol–water partition coefficient (Wildman–Crippen LogP) is 0.517. The Morgan fingerprint density at radius 3 is 2.37 bits per heavy atom. The van der Waals surface area contributed by atoms with Gasteiger partial charge in [-0.05, 0) is 6.07 Å². The normalized spacial score (nSPS) is 10.5. The van der Waals surface area contributed by atoms with Crippen LogP contribution in [0, 0.1) is 0 Å². The number of aryl methyl sites for hydroxylation is 1. The Bertz CT molecular complexity index is 518. The Balaban J connectivity index is 2.02. The van der Waals surface area contributed by atoms with Gasteiger partial charge in [0.1, 0.15) is 6.33 Å². The summed E-state index contributed by atoms with van der Waals surface area (Å²) in [7, 11) is 5.04. The van der Waals surface area contributed by atoms with Gasteiger partial charge in [-0.1, -0.05) is 0 Å². The van der Waals surface area contributed by atoms with Gasteiger partial charge in [0.05, 0.1) is 25.5 Å². The van der Waals surface area contributed by atoms with Gasteiger partial charge in [-0.15, -0.1) is 0 Å². The number of nitrogens with one attached hydrogen (secondary N) is 1. The third-order valence-electron chi connectivity index (χ3n) is 2.63. The average molecular weight is 263 g/mol. The van der Waals surface area contributed by atoms with Crippen molar-refractivity contribution in [2.24, 2.45) is 7.05 Å². The van der Waals surface area contributed by atoms with Crippen LogP contribution in [0.5, 0.6) is 11.8 Å². The zero-order valence-corrected chi connectivity index (χ0v) is 11.3. The Morgan fingerprint density at radius 1 is 1.16 bits per heavy atom. The van der Waals surface area contributed by atoms with E-state index in [4.69, 9.17) is 9.47 Å². The zero-order valence-electron chi connectivity index (χ0n) is 11.3. The summed E-state index contributed by atoms with van der Waals surface area (Å²) in [5.41, 5.74) is 1.76. The molecule has 19 heavy (non-hydrogen) atoms. The van der Waals surface area contributed by atoms with Crippen LogP contribution < -0.4 is 14.8 Å². The van der Waals surface area contributed by atoms with Gasteiger partial charge in [-0.3, -0.25) is 4.68 Å². The van der Waals surface area contributed by atoms with Crippen molar-refractivity contribution in [3.8, 4) is 11.8 Å². The van der Waals surface area contributed by atoms with Crippen LogP contribution in [-0.2, 0) is 20.1 Å². The third kappa shape index (κ3) is 3.19. The standard InChI is InChI=1S/C12H17N5O2/c1-17-5-4-9(16-17)6-13-7-10-11(18-2)14-8-15-12(10)19-3/h4-5,8,13H,6-7H2,1-3H3. The van der Waals surface area contributed by atoms with E-state index >= 15 is 0 Å². The molecular weight excluding hydrogens is 246 g/mol. The highest BCUT2D eigenvalue weighted by Gasteiger charge is 2.12. The molecule has 0 aliphatic rings. The lowest BCUT2D eigenvalue weighted by atomic mass is 10.3. The summed E-state index contributed by atoms with van der Waals surface area (Å²) in [5, 5.41) is 7.55. The van der Waals surface area contributed by atoms with E-state index in [1.807, 2.05) is 19.3 Å². The topological polar surface area (TPSA) is 74.1 Å². The fourth-order valence-electron chi connectivity index (χ4n) is 1.76. The molecule has 2 aromatic heterocycles. The highest BCUT2D eigenvalue weighted by atomic mass is 16.5. The highest BCUT2D eigenvalue weighted by molar-refractivity contribution is 5.34. The van der Waals surface area contributed by atoms with Crippen LogP contribution in [0.25, 0.3) is 0 Å². The number of hydrogen-bond acceptors (Lipinski definition) is 6. The summed E-state index contributed by atoms with van der Waals surface area (Å²) in [4.78, 5) is 8.12. The van der Waals surface area contributed by atoms with E-state index in [1.165, 1.54) is 6.33 Å². The van der Waals surface area contributed by atoms with E-state index in [-0.39, 0.29) is 0 Å². The molecule has 7 nitrogen and oxygen atoms in total. The first kappa shape index (κ1) is 13.3. The second-order valence-electron chi connectivity index (χ2n) is 3.96. The third-order valence-corrected chi connectivity index (χ3v) is 2.63. The van der Waals surface area contributed by atoms with Gasteiger partial charge >= 0.3 is 0 Å². The molecule has 2 aromatic rings. The van der Waals surface area contributed by atoms with Crippen molar-refractivity contribution < 1.29 is 9.47 Å². The number of ether oxygens (including phenoxy) is 2. The predicted molar refractivity (Wildman–Crippen MR) is 68.9 cm³/mol. The summed E-state index contributed by atoms with van der Waals surface area (Å²) in [6.07, 6.45) is 3.32. The maximum absolute atomic E-state index is 5.20. The van der Waals surface area contributed by atoms with Crippen molar-refractivity contribution in [2.45, 2.75) is 13.1 Å². The summed E-state index contributed by atoms with van der Waals surface area (Å²) in [6.45, 7) is 1.20. The van der Waals surface area contributed by atoms with Crippen LogP contribution in [0.3, 0.4) is 0 Å². The lowest BCUT2D eigenvalue weighted by Gasteiger charge is -2.10. The molecule has 0 aliphatic heterocycles. The van der Waals surface area contributed by atoms with Gasteiger partial charge in [0.2, 0.25) is 11.8 Å². The van der Waals surface area contributed by atoms with Crippen LogP contribution in [-0.4, -0.2) is 34.0 Å². The molecule has 102 valence electrons. The van der Waals surface area contributed by atoms with Crippen molar-refractivity contribution in [1.29, 1.82) is 0 Å². The van der Waals surface area contributed by atoms with E-state index in [9.17, 15) is 0 Å². The van der Waals surface area contributed by atoms with Crippen LogP contribution in [0.4, 0.5) is 0 Å². The fraction of sp³-hybridized carbons (Fsp3) is 0.417. The van der Waals surface area contributed by atoms with Crippen molar-refractivity contribution >= 4 is 0 Å². The lowest BCUT2D eigenvalue weighted by molar-refractivity contribution is 0.359. The SMILES string of the molecule is COc1ncnc(OC)c1CNCc1ccn(C)n1. The second-order valence-corrected chi connectivity index (χ2v) is 3.96. The maximum Gasteiger partial charge on any atom is 0.224 e. The average Bonchev–Trinajstić information content (AvgIpc) is 2.84. The van der Waals surface area contributed by atoms with E-state index in [1.54, 1.807) is 18.9 Å². The molecule has 0 radical (unpaired) electrons. The number of aromatic nitrogens is 4. The van der Waals surface area contributed by atoms with Crippen molar-refractivity contribution in [1.82, 2.24) is 25.1 Å². The molecule has 0 fully saturated rings. The smallest absolute Gasteiger partial charge is 0.224 e. The highest BCUT2D eigenvalue weighted by Crippen LogP contribution is 2.22. The molecule has 0 amide bonds. The molecule has 0 aromatic carbocycles. The Hall–Kier alpha value is -2.15. The quantitative estimate of drug-likeness (QED) is 0.819. The number of rotatable bonds is 6. The van der Waals surface area contributed by atoms with Crippen LogP contribution >= 0.6 is 0 Å². The molecular formula is C12H17N5O2. The van der Waals surface area contributed by atoms with Gasteiger partial charge in [0.15, 0.2) is 0 Å². The molecule has 0 bridgehead atoms. The summed E-state index contributed by atoms with van der Waals surface area (Å²) >= 11 is 0. The molecule has 0 saturated carbocycles. The molecule has 2 heterocycles. The monoisotopic (exact) mass is 263 g/mol. The lowest BCUT2D eigenvalue weighted by Crippen LogP contribution is -2.15. The van der Waals surface area contributed by atoms with Crippen LogP contribution in [0.15, 0.2) is 18.6 Å². The van der Waals surface area contributed by atoms with E-state index in [0.717, 1.165) is 11.3 Å². The maximum atomic E-state index is 5.20. The Labute approximate surface area is 111 Å². The molecule has 1 N–H and O–H groups in total. The Kier molecular flexibility index (Phi) is 4.30. The molecule has 7 heteroatoms. The van der Waals surface area contributed by atoms with Gasteiger partial charge in [0, 0.05) is 26.3 Å². The first-order chi connectivity index (χ1) is 9.24. The largest absolute Gasteiger partial charge is 0.481 e. The fourth-order valence-corrected chi connectivity index (χ4v) is 1.76. The molecule has 0 saturated heterocycles. The van der Waals surface area contributed by atoms with Crippen LogP contribution in [0.1, 0.15) is 11.3 Å². The molecule has 0 unspecified atom stereocenters. The summed E-state index contributed by atoms with van der Waals surface area (Å²) in [5.74, 6) is 1.03. The molecule has 2 rings (SSSR count). The van der Waals surface area contributed by atoms with Gasteiger partial charge in [0.25, 0.3) is 0 Å². The minimum atomic E-state index is 0.514. The molecule has 0 atom stereocenters. The number of methoxy groups -OCH3 is 2. The van der Waals surface area contributed by atoms with Gasteiger partial charge in [-0.2, -0.15) is 5.10 Å². The summed E-state index contributed by atoms with van der Waals surface area (Å²) in [6, 6.07) is 1.96. The van der Waals surface area contributed by atoms with E-state index < -0.39 is 0 Å².